The van der Waals surface area contributed by atoms with Crippen LogP contribution < -0.4 is 0 Å². The van der Waals surface area contributed by atoms with E-state index >= 15 is 0 Å². The third kappa shape index (κ3) is 4.82. The van der Waals surface area contributed by atoms with Gasteiger partial charge in [-0.2, -0.15) is 0 Å². The monoisotopic (exact) mass is 303 g/mol. The molecule has 1 saturated heterocycles. The summed E-state index contributed by atoms with van der Waals surface area (Å²) in [5, 5.41) is 0. The van der Waals surface area contributed by atoms with E-state index in [0.717, 1.165) is 39.3 Å². The summed E-state index contributed by atoms with van der Waals surface area (Å²) in [4.78, 5) is 19.2. The van der Waals surface area contributed by atoms with E-state index in [9.17, 15) is 4.79 Å². The minimum absolute atomic E-state index is 0.264. The molecule has 1 heterocycles. The highest BCUT2D eigenvalue weighted by Gasteiger charge is 2.23. The minimum atomic E-state index is 0.264. The highest BCUT2D eigenvalue weighted by atomic mass is 16.2. The van der Waals surface area contributed by atoms with E-state index in [4.69, 9.17) is 0 Å². The van der Waals surface area contributed by atoms with Crippen LogP contribution in [0.3, 0.4) is 0 Å². The van der Waals surface area contributed by atoms with E-state index in [1.165, 1.54) is 5.56 Å². The van der Waals surface area contributed by atoms with Gasteiger partial charge in [0.15, 0.2) is 0 Å². The van der Waals surface area contributed by atoms with Crippen LogP contribution in [0.4, 0.5) is 0 Å². The lowest BCUT2D eigenvalue weighted by atomic mass is 10.2. The molecule has 1 fully saturated rings. The number of benzene rings is 1. The number of carbonyl (C=O) groups is 1. The topological polar surface area (TPSA) is 26.8 Å². The van der Waals surface area contributed by atoms with Crippen LogP contribution in [0.25, 0.3) is 0 Å². The van der Waals surface area contributed by atoms with Crippen LogP contribution in [-0.2, 0) is 11.3 Å². The Hall–Kier alpha value is -1.39. The van der Waals surface area contributed by atoms with Crippen molar-refractivity contribution >= 4 is 5.91 Å². The second kappa shape index (κ2) is 8.30. The third-order valence-corrected chi connectivity index (χ3v) is 4.47. The average molecular weight is 303 g/mol. The van der Waals surface area contributed by atoms with Crippen LogP contribution in [0.2, 0.25) is 0 Å². The maximum absolute atomic E-state index is 12.6. The molecule has 0 saturated carbocycles. The molecule has 0 aromatic heterocycles. The van der Waals surface area contributed by atoms with Crippen molar-refractivity contribution in [2.45, 2.75) is 33.4 Å². The van der Waals surface area contributed by atoms with E-state index < -0.39 is 0 Å². The second-order valence-electron chi connectivity index (χ2n) is 6.30. The highest BCUT2D eigenvalue weighted by Crippen LogP contribution is 2.10. The second-order valence-corrected chi connectivity index (χ2v) is 6.30. The van der Waals surface area contributed by atoms with Crippen LogP contribution in [0, 0.1) is 0 Å². The number of hydrogen-bond acceptors (Lipinski definition) is 3. The third-order valence-electron chi connectivity index (χ3n) is 4.47. The molecule has 0 aliphatic carbocycles. The Labute approximate surface area is 134 Å². The maximum atomic E-state index is 12.6. The Kier molecular flexibility index (Phi) is 6.40. The summed E-state index contributed by atoms with van der Waals surface area (Å²) in [6, 6.07) is 10.8. The molecule has 4 heteroatoms. The summed E-state index contributed by atoms with van der Waals surface area (Å²) in [7, 11) is 0. The molecule has 0 spiro atoms. The molecule has 1 aliphatic rings. The Morgan fingerprint density at radius 1 is 1.14 bits per heavy atom. The quantitative estimate of drug-likeness (QED) is 0.805. The van der Waals surface area contributed by atoms with Gasteiger partial charge in [-0.3, -0.25) is 9.69 Å². The van der Waals surface area contributed by atoms with Gasteiger partial charge < -0.3 is 9.80 Å². The van der Waals surface area contributed by atoms with Gasteiger partial charge in [0.05, 0.1) is 6.54 Å². The van der Waals surface area contributed by atoms with Gasteiger partial charge in [-0.15, -0.1) is 0 Å². The van der Waals surface area contributed by atoms with Crippen molar-refractivity contribution in [3.8, 4) is 0 Å². The van der Waals surface area contributed by atoms with Crippen molar-refractivity contribution in [3.05, 3.63) is 35.9 Å². The average Bonchev–Trinajstić information content (AvgIpc) is 2.55. The normalized spacial score (nSPS) is 16.5. The van der Waals surface area contributed by atoms with Gasteiger partial charge in [0.25, 0.3) is 0 Å². The largest absolute Gasteiger partial charge is 0.339 e. The molecule has 0 bridgehead atoms. The molecule has 1 amide bonds. The number of amides is 1. The van der Waals surface area contributed by atoms with E-state index in [1.54, 1.807) is 0 Å². The van der Waals surface area contributed by atoms with Crippen LogP contribution in [0.1, 0.15) is 26.3 Å². The summed E-state index contributed by atoms with van der Waals surface area (Å²) < 4.78 is 0. The lowest BCUT2D eigenvalue weighted by molar-refractivity contribution is -0.134. The summed E-state index contributed by atoms with van der Waals surface area (Å²) >= 11 is 0. The molecule has 2 rings (SSSR count). The first-order chi connectivity index (χ1) is 10.6. The molecule has 22 heavy (non-hydrogen) atoms. The number of likely N-dealkylation sites (N-methyl/N-ethyl adjacent to an activating group) is 1. The lowest BCUT2D eigenvalue weighted by Crippen LogP contribution is -2.51. The molecule has 1 aliphatic heterocycles. The first-order valence-corrected chi connectivity index (χ1v) is 8.38. The molecule has 0 N–H and O–H groups in total. The molecule has 0 radical (unpaired) electrons. The van der Waals surface area contributed by atoms with E-state index in [0.29, 0.717) is 12.6 Å². The Morgan fingerprint density at radius 3 is 2.32 bits per heavy atom. The van der Waals surface area contributed by atoms with Crippen molar-refractivity contribution < 1.29 is 4.79 Å². The smallest absolute Gasteiger partial charge is 0.236 e. The predicted octanol–water partition coefficient (Wildman–Crippen LogP) is 2.06. The van der Waals surface area contributed by atoms with Crippen molar-refractivity contribution in [1.82, 2.24) is 14.7 Å². The van der Waals surface area contributed by atoms with Gasteiger partial charge in [0, 0.05) is 38.8 Å². The van der Waals surface area contributed by atoms with Crippen molar-refractivity contribution in [2.24, 2.45) is 0 Å². The number of carbonyl (C=O) groups excluding carboxylic acids is 1. The van der Waals surface area contributed by atoms with Gasteiger partial charge >= 0.3 is 0 Å². The maximum Gasteiger partial charge on any atom is 0.236 e. The van der Waals surface area contributed by atoms with Crippen molar-refractivity contribution in [3.63, 3.8) is 0 Å². The fourth-order valence-electron chi connectivity index (χ4n) is 2.83. The number of piperazine rings is 1. The molecule has 122 valence electrons. The van der Waals surface area contributed by atoms with Crippen LogP contribution >= 0.6 is 0 Å². The van der Waals surface area contributed by atoms with Crippen LogP contribution in [0.15, 0.2) is 30.3 Å². The zero-order valence-electron chi connectivity index (χ0n) is 14.2. The molecule has 1 aromatic carbocycles. The summed E-state index contributed by atoms with van der Waals surface area (Å²) in [5.74, 6) is 0.264. The van der Waals surface area contributed by atoms with Gasteiger partial charge in [0.2, 0.25) is 5.91 Å². The summed E-state index contributed by atoms with van der Waals surface area (Å²) in [5.41, 5.74) is 1.26. The number of nitrogens with zero attached hydrogens (tertiary/aromatic N) is 3. The van der Waals surface area contributed by atoms with Crippen molar-refractivity contribution in [2.75, 3.05) is 39.3 Å². The summed E-state index contributed by atoms with van der Waals surface area (Å²) in [6.07, 6.45) is 0. The SMILES string of the molecule is CCN1CCN(C(=O)CN(Cc2ccccc2)C(C)C)CC1. The standard InChI is InChI=1S/C18H29N3O/c1-4-19-10-12-20(13-11-19)18(22)15-21(16(2)3)14-17-8-6-5-7-9-17/h5-9,16H,4,10-15H2,1-3H3. The molecule has 0 atom stereocenters. The van der Waals surface area contributed by atoms with Crippen LogP contribution in [0.5, 0.6) is 0 Å². The van der Waals surface area contributed by atoms with Gasteiger partial charge in [0.1, 0.15) is 0 Å². The molecular weight excluding hydrogens is 274 g/mol. The Balaban J connectivity index is 1.89. The Bertz CT molecular complexity index is 453. The zero-order chi connectivity index (χ0) is 15.9. The number of rotatable bonds is 6. The van der Waals surface area contributed by atoms with E-state index in [-0.39, 0.29) is 5.91 Å². The van der Waals surface area contributed by atoms with E-state index in [1.807, 2.05) is 11.0 Å². The fourth-order valence-corrected chi connectivity index (χ4v) is 2.83. The minimum Gasteiger partial charge on any atom is -0.339 e. The molecule has 1 aromatic rings. The fraction of sp³-hybridized carbons (Fsp3) is 0.611. The van der Waals surface area contributed by atoms with Crippen molar-refractivity contribution in [1.29, 1.82) is 0 Å². The predicted molar refractivity (Wildman–Crippen MR) is 90.7 cm³/mol. The number of hydrogen-bond donors (Lipinski definition) is 0. The van der Waals surface area contributed by atoms with Gasteiger partial charge in [-0.05, 0) is 26.0 Å². The summed E-state index contributed by atoms with van der Waals surface area (Å²) in [6.45, 7) is 12.7. The molecule has 0 unspecified atom stereocenters. The first kappa shape index (κ1) is 17.0. The molecule has 4 nitrogen and oxygen atoms in total. The van der Waals surface area contributed by atoms with Gasteiger partial charge in [-0.1, -0.05) is 37.3 Å². The lowest BCUT2D eigenvalue weighted by Gasteiger charge is -2.36. The highest BCUT2D eigenvalue weighted by molar-refractivity contribution is 5.78. The van der Waals surface area contributed by atoms with Crippen LogP contribution in [-0.4, -0.2) is 65.9 Å². The first-order valence-electron chi connectivity index (χ1n) is 8.38. The zero-order valence-corrected chi connectivity index (χ0v) is 14.2. The van der Waals surface area contributed by atoms with Gasteiger partial charge in [-0.25, -0.2) is 0 Å². The Morgan fingerprint density at radius 2 is 1.77 bits per heavy atom. The van der Waals surface area contributed by atoms with E-state index in [2.05, 4.69) is 54.8 Å². The molecular formula is C18H29N3O.